The normalized spacial score (nSPS) is 10.6. The molecule has 1 amide bonds. The molecule has 0 radical (unpaired) electrons. The maximum Gasteiger partial charge on any atom is 0.221 e. The molecule has 4 aromatic carbocycles. The number of benzene rings is 4. The van der Waals surface area contributed by atoms with E-state index < -0.39 is 0 Å². The Bertz CT molecular complexity index is 1200. The van der Waals surface area contributed by atoms with Crippen molar-refractivity contribution < 1.29 is 9.53 Å². The predicted molar refractivity (Wildman–Crippen MR) is 128 cm³/mol. The van der Waals surface area contributed by atoms with E-state index in [1.54, 1.807) is 0 Å². The van der Waals surface area contributed by atoms with E-state index in [1.807, 2.05) is 42.5 Å². The van der Waals surface area contributed by atoms with E-state index in [2.05, 4.69) is 60.0 Å². The number of hydrogen-bond acceptors (Lipinski definition) is 3. The number of fused-ring (bicyclic) bond motifs is 1. The van der Waals surface area contributed by atoms with Crippen molar-refractivity contribution in [3.63, 3.8) is 0 Å². The molecule has 0 saturated heterocycles. The van der Waals surface area contributed by atoms with Crippen molar-refractivity contribution in [3.8, 4) is 5.75 Å². The van der Waals surface area contributed by atoms with Gasteiger partial charge in [0.2, 0.25) is 5.91 Å². The number of amides is 1. The first kappa shape index (κ1) is 20.5. The first-order chi connectivity index (χ1) is 15.1. The Morgan fingerprint density at radius 3 is 2.32 bits per heavy atom. The minimum Gasteiger partial charge on any atom is -0.489 e. The van der Waals surface area contributed by atoms with Crippen molar-refractivity contribution in [1.82, 2.24) is 0 Å². The lowest BCUT2D eigenvalue weighted by Crippen LogP contribution is -2.07. The lowest BCUT2D eigenvalue weighted by atomic mass is 10.0. The molecule has 4 aromatic rings. The number of nitrogens with one attached hydrogen (secondary N) is 2. The molecule has 4 rings (SSSR count). The maximum atomic E-state index is 11.2. The van der Waals surface area contributed by atoms with E-state index in [4.69, 9.17) is 4.74 Å². The highest BCUT2D eigenvalue weighted by atomic mass is 16.5. The van der Waals surface area contributed by atoms with Crippen LogP contribution in [0.4, 0.5) is 11.4 Å². The van der Waals surface area contributed by atoms with Crippen LogP contribution < -0.4 is 15.4 Å². The second-order valence-corrected chi connectivity index (χ2v) is 7.59. The van der Waals surface area contributed by atoms with Gasteiger partial charge in [0.05, 0.1) is 0 Å². The zero-order valence-corrected chi connectivity index (χ0v) is 17.8. The van der Waals surface area contributed by atoms with Crippen LogP contribution in [-0.4, -0.2) is 5.91 Å². The van der Waals surface area contributed by atoms with Gasteiger partial charge < -0.3 is 15.4 Å². The molecule has 4 nitrogen and oxygen atoms in total. The molecule has 31 heavy (non-hydrogen) atoms. The lowest BCUT2D eigenvalue weighted by Gasteiger charge is -2.16. The second kappa shape index (κ2) is 9.35. The molecule has 0 spiro atoms. The van der Waals surface area contributed by atoms with Gasteiger partial charge in [-0.25, -0.2) is 0 Å². The second-order valence-electron chi connectivity index (χ2n) is 7.59. The van der Waals surface area contributed by atoms with Gasteiger partial charge in [0.25, 0.3) is 0 Å². The summed E-state index contributed by atoms with van der Waals surface area (Å²) in [5.41, 5.74) is 5.29. The molecule has 0 unspecified atom stereocenters. The highest BCUT2D eigenvalue weighted by molar-refractivity contribution is 5.89. The van der Waals surface area contributed by atoms with Crippen LogP contribution in [0.25, 0.3) is 10.8 Å². The molecule has 0 aliphatic rings. The lowest BCUT2D eigenvalue weighted by molar-refractivity contribution is -0.114. The Morgan fingerprint density at radius 1 is 0.839 bits per heavy atom. The molecule has 156 valence electrons. The number of anilines is 2. The summed E-state index contributed by atoms with van der Waals surface area (Å²) >= 11 is 0. The van der Waals surface area contributed by atoms with Gasteiger partial charge in [0.15, 0.2) is 0 Å². The first-order valence-corrected chi connectivity index (χ1v) is 10.4. The summed E-state index contributed by atoms with van der Waals surface area (Å²) < 4.78 is 6.28. The fourth-order valence-corrected chi connectivity index (χ4v) is 3.63. The summed E-state index contributed by atoms with van der Waals surface area (Å²) in [7, 11) is 0. The molecule has 0 aliphatic carbocycles. The number of carbonyl (C=O) groups is 1. The highest BCUT2D eigenvalue weighted by Crippen LogP contribution is 2.30. The van der Waals surface area contributed by atoms with E-state index in [9.17, 15) is 4.79 Å². The molecule has 0 heterocycles. The molecular formula is C27H26N2O2. The van der Waals surface area contributed by atoms with Crippen LogP contribution in [0, 0.1) is 6.92 Å². The van der Waals surface area contributed by atoms with Crippen molar-refractivity contribution in [2.24, 2.45) is 0 Å². The van der Waals surface area contributed by atoms with E-state index in [0.717, 1.165) is 22.7 Å². The Hall–Kier alpha value is -3.79. The van der Waals surface area contributed by atoms with E-state index in [0.29, 0.717) is 13.2 Å². The van der Waals surface area contributed by atoms with Gasteiger partial charge in [-0.2, -0.15) is 0 Å². The van der Waals surface area contributed by atoms with Gasteiger partial charge in [-0.15, -0.1) is 0 Å². The molecule has 2 N–H and O–H groups in total. The van der Waals surface area contributed by atoms with Crippen LogP contribution in [-0.2, 0) is 17.9 Å². The van der Waals surface area contributed by atoms with Crippen LogP contribution in [0.5, 0.6) is 5.75 Å². The standard InChI is InChI=1S/C27H26N2O2/c1-19-7-3-4-9-22(19)18-31-27-16-11-21-8-5-6-10-25(21)26(27)17-28-23-12-14-24(15-13-23)29-20(2)30/h3-16,28H,17-18H2,1-2H3,(H,29,30). The van der Waals surface area contributed by atoms with E-state index in [-0.39, 0.29) is 5.91 Å². The number of carbonyl (C=O) groups excluding carboxylic acids is 1. The number of ether oxygens (including phenoxy) is 1. The Labute approximate surface area is 182 Å². The van der Waals surface area contributed by atoms with Crippen LogP contribution >= 0.6 is 0 Å². The van der Waals surface area contributed by atoms with Gasteiger partial charge in [-0.05, 0) is 59.2 Å². The van der Waals surface area contributed by atoms with Crippen molar-refractivity contribution in [1.29, 1.82) is 0 Å². The van der Waals surface area contributed by atoms with Crippen molar-refractivity contribution in [2.75, 3.05) is 10.6 Å². The Kier molecular flexibility index (Phi) is 6.18. The Morgan fingerprint density at radius 2 is 1.55 bits per heavy atom. The van der Waals surface area contributed by atoms with Crippen LogP contribution in [0.2, 0.25) is 0 Å². The van der Waals surface area contributed by atoms with Gasteiger partial charge >= 0.3 is 0 Å². The quantitative estimate of drug-likeness (QED) is 0.376. The van der Waals surface area contributed by atoms with Crippen molar-refractivity contribution in [3.05, 3.63) is 102 Å². The smallest absolute Gasteiger partial charge is 0.221 e. The molecule has 4 heteroatoms. The van der Waals surface area contributed by atoms with Gasteiger partial charge in [0, 0.05) is 30.4 Å². The fraction of sp³-hybridized carbons (Fsp3) is 0.148. The molecule has 0 bridgehead atoms. The number of aryl methyl sites for hydroxylation is 1. The molecule has 0 atom stereocenters. The summed E-state index contributed by atoms with van der Waals surface area (Å²) in [4.78, 5) is 11.2. The molecule has 0 saturated carbocycles. The third-order valence-electron chi connectivity index (χ3n) is 5.32. The summed E-state index contributed by atoms with van der Waals surface area (Å²) in [5, 5.41) is 8.64. The highest BCUT2D eigenvalue weighted by Gasteiger charge is 2.10. The van der Waals surface area contributed by atoms with Gasteiger partial charge in [-0.3, -0.25) is 4.79 Å². The van der Waals surface area contributed by atoms with Crippen LogP contribution in [0.15, 0.2) is 84.9 Å². The first-order valence-electron chi connectivity index (χ1n) is 10.4. The summed E-state index contributed by atoms with van der Waals surface area (Å²) in [6.45, 7) is 4.77. The molecular weight excluding hydrogens is 384 g/mol. The third-order valence-corrected chi connectivity index (χ3v) is 5.32. The number of rotatable bonds is 7. The van der Waals surface area contributed by atoms with Gasteiger partial charge in [-0.1, -0.05) is 54.6 Å². The predicted octanol–water partition coefficient (Wildman–Crippen LogP) is 6.30. The maximum absolute atomic E-state index is 11.2. The average Bonchev–Trinajstić information content (AvgIpc) is 2.78. The summed E-state index contributed by atoms with van der Waals surface area (Å²) in [6.07, 6.45) is 0. The monoisotopic (exact) mass is 410 g/mol. The zero-order chi connectivity index (χ0) is 21.6. The topological polar surface area (TPSA) is 50.4 Å². The summed E-state index contributed by atoms with van der Waals surface area (Å²) in [6, 6.07) is 28.5. The Balaban J connectivity index is 1.56. The summed E-state index contributed by atoms with van der Waals surface area (Å²) in [5.74, 6) is 0.802. The molecule has 0 aromatic heterocycles. The van der Waals surface area contributed by atoms with E-state index in [1.165, 1.54) is 28.8 Å². The zero-order valence-electron chi connectivity index (χ0n) is 17.8. The molecule has 0 aliphatic heterocycles. The SMILES string of the molecule is CC(=O)Nc1ccc(NCc2c(OCc3ccccc3C)ccc3ccccc23)cc1. The van der Waals surface area contributed by atoms with Crippen LogP contribution in [0.3, 0.4) is 0 Å². The minimum absolute atomic E-state index is 0.0769. The van der Waals surface area contributed by atoms with Crippen molar-refractivity contribution in [2.45, 2.75) is 27.0 Å². The number of hydrogen-bond donors (Lipinski definition) is 2. The minimum atomic E-state index is -0.0769. The van der Waals surface area contributed by atoms with Gasteiger partial charge in [0.1, 0.15) is 12.4 Å². The van der Waals surface area contributed by atoms with Crippen LogP contribution in [0.1, 0.15) is 23.6 Å². The average molecular weight is 411 g/mol. The van der Waals surface area contributed by atoms with Crippen molar-refractivity contribution >= 4 is 28.1 Å². The molecule has 0 fully saturated rings. The van der Waals surface area contributed by atoms with E-state index >= 15 is 0 Å². The third kappa shape index (κ3) is 5.04. The largest absolute Gasteiger partial charge is 0.489 e. The fourth-order valence-electron chi connectivity index (χ4n) is 3.63.